The van der Waals surface area contributed by atoms with Crippen molar-refractivity contribution in [2.24, 2.45) is 0 Å². The summed E-state index contributed by atoms with van der Waals surface area (Å²) in [7, 11) is 1.74. The molecular formula is C23H34ClN3O2. The number of hydrogen-bond donors (Lipinski definition) is 0. The Balaban J connectivity index is 2.05. The Morgan fingerprint density at radius 2 is 1.76 bits per heavy atom. The molecule has 1 aliphatic heterocycles. The number of morpholine rings is 1. The molecule has 1 fully saturated rings. The minimum atomic E-state index is 0.222. The number of ether oxygens (including phenoxy) is 2. The molecule has 1 aliphatic rings. The number of hydrogen-bond acceptors (Lipinski definition) is 4. The fourth-order valence-corrected chi connectivity index (χ4v) is 4.62. The zero-order chi connectivity index (χ0) is 21.0. The number of halogens is 1. The van der Waals surface area contributed by atoms with E-state index in [4.69, 9.17) is 26.1 Å². The third kappa shape index (κ3) is 5.02. The smallest absolute Gasteiger partial charge is 0.152 e. The largest absolute Gasteiger partial charge is 0.383 e. The first-order valence-corrected chi connectivity index (χ1v) is 11.1. The predicted molar refractivity (Wildman–Crippen MR) is 119 cm³/mol. The van der Waals surface area contributed by atoms with Crippen LogP contribution in [0.5, 0.6) is 0 Å². The molecule has 3 rings (SSSR count). The molecule has 2 heterocycles. The van der Waals surface area contributed by atoms with Gasteiger partial charge < -0.3 is 14.0 Å². The second-order valence-electron chi connectivity index (χ2n) is 7.93. The van der Waals surface area contributed by atoms with Crippen LogP contribution in [0.2, 0.25) is 5.15 Å². The van der Waals surface area contributed by atoms with E-state index in [2.05, 4.69) is 55.4 Å². The summed E-state index contributed by atoms with van der Waals surface area (Å²) in [6.07, 6.45) is 2.37. The highest BCUT2D eigenvalue weighted by Gasteiger charge is 2.26. The lowest BCUT2D eigenvalue weighted by atomic mass is 9.97. The van der Waals surface area contributed by atoms with Gasteiger partial charge in [0, 0.05) is 38.9 Å². The van der Waals surface area contributed by atoms with Gasteiger partial charge in [0.2, 0.25) is 0 Å². The lowest BCUT2D eigenvalue weighted by Gasteiger charge is -2.35. The van der Waals surface area contributed by atoms with Gasteiger partial charge in [0.05, 0.1) is 24.5 Å². The van der Waals surface area contributed by atoms with Crippen LogP contribution in [0.1, 0.15) is 44.5 Å². The Morgan fingerprint density at radius 1 is 1.14 bits per heavy atom. The van der Waals surface area contributed by atoms with Crippen molar-refractivity contribution in [3.63, 3.8) is 0 Å². The lowest BCUT2D eigenvalue weighted by Crippen LogP contribution is -2.45. The molecule has 1 saturated heterocycles. The fourth-order valence-electron chi connectivity index (χ4n) is 4.38. The van der Waals surface area contributed by atoms with Crippen LogP contribution < -0.4 is 0 Å². The van der Waals surface area contributed by atoms with Gasteiger partial charge in [0.15, 0.2) is 5.15 Å². The molecule has 0 bridgehead atoms. The van der Waals surface area contributed by atoms with Gasteiger partial charge in [-0.2, -0.15) is 0 Å². The topological polar surface area (TPSA) is 39.5 Å². The maximum atomic E-state index is 6.73. The molecule has 0 saturated carbocycles. The number of imidazole rings is 1. The van der Waals surface area contributed by atoms with Crippen LogP contribution in [0.25, 0.3) is 11.4 Å². The summed E-state index contributed by atoms with van der Waals surface area (Å²) in [6.45, 7) is 12.6. The van der Waals surface area contributed by atoms with Crippen LogP contribution in [0.4, 0.5) is 0 Å². The molecule has 2 aromatic rings. The van der Waals surface area contributed by atoms with Crippen LogP contribution in [0.3, 0.4) is 0 Å². The highest BCUT2D eigenvalue weighted by atomic mass is 35.5. The van der Waals surface area contributed by atoms with E-state index in [1.54, 1.807) is 7.11 Å². The van der Waals surface area contributed by atoms with Gasteiger partial charge in [0.1, 0.15) is 5.82 Å². The normalized spacial score (nSPS) is 20.3. The maximum absolute atomic E-state index is 6.73. The second-order valence-corrected chi connectivity index (χ2v) is 8.29. The van der Waals surface area contributed by atoms with E-state index in [0.717, 1.165) is 50.5 Å². The maximum Gasteiger partial charge on any atom is 0.152 e. The van der Waals surface area contributed by atoms with Gasteiger partial charge in [-0.25, -0.2) is 4.98 Å². The van der Waals surface area contributed by atoms with Crippen molar-refractivity contribution in [2.75, 3.05) is 26.8 Å². The molecule has 6 heteroatoms. The molecule has 1 aromatic carbocycles. The number of methoxy groups -OCH3 is 1. The summed E-state index contributed by atoms with van der Waals surface area (Å²) in [5.74, 6) is 0.964. The quantitative estimate of drug-likeness (QED) is 0.627. The Morgan fingerprint density at radius 3 is 2.31 bits per heavy atom. The first-order valence-electron chi connectivity index (χ1n) is 10.7. The highest BCUT2D eigenvalue weighted by Crippen LogP contribution is 2.33. The number of aryl methyl sites for hydroxylation is 2. The van der Waals surface area contributed by atoms with E-state index in [1.807, 2.05) is 0 Å². The summed E-state index contributed by atoms with van der Waals surface area (Å²) in [5.41, 5.74) is 4.91. The average Bonchev–Trinajstić information content (AvgIpc) is 2.99. The van der Waals surface area contributed by atoms with Crippen molar-refractivity contribution < 1.29 is 9.47 Å². The summed E-state index contributed by atoms with van der Waals surface area (Å²) < 4.78 is 13.6. The molecule has 0 aliphatic carbocycles. The molecular weight excluding hydrogens is 386 g/mol. The Labute approximate surface area is 180 Å². The van der Waals surface area contributed by atoms with Crippen molar-refractivity contribution in [3.8, 4) is 11.4 Å². The van der Waals surface area contributed by atoms with Gasteiger partial charge in [-0.1, -0.05) is 43.6 Å². The van der Waals surface area contributed by atoms with Crippen LogP contribution in [-0.2, 0) is 35.4 Å². The van der Waals surface area contributed by atoms with E-state index in [0.29, 0.717) is 11.8 Å². The van der Waals surface area contributed by atoms with E-state index in [1.165, 1.54) is 16.7 Å². The van der Waals surface area contributed by atoms with Crippen LogP contribution in [0.15, 0.2) is 18.2 Å². The molecule has 0 spiro atoms. The summed E-state index contributed by atoms with van der Waals surface area (Å²) in [4.78, 5) is 7.29. The molecule has 1 aromatic heterocycles. The number of benzene rings is 1. The predicted octanol–water partition coefficient (Wildman–Crippen LogP) is 4.58. The first-order chi connectivity index (χ1) is 14.0. The van der Waals surface area contributed by atoms with Crippen LogP contribution in [-0.4, -0.2) is 53.5 Å². The molecule has 0 unspecified atom stereocenters. The summed E-state index contributed by atoms with van der Waals surface area (Å²) in [6, 6.07) is 6.54. The molecule has 160 valence electrons. The van der Waals surface area contributed by atoms with Crippen molar-refractivity contribution in [1.29, 1.82) is 0 Å². The molecule has 29 heavy (non-hydrogen) atoms. The summed E-state index contributed by atoms with van der Waals surface area (Å²) in [5, 5.41) is 0.593. The van der Waals surface area contributed by atoms with E-state index >= 15 is 0 Å². The van der Waals surface area contributed by atoms with Gasteiger partial charge in [-0.3, -0.25) is 4.90 Å². The second kappa shape index (κ2) is 10.1. The molecule has 2 atom stereocenters. The standard InChI is InChI=1S/C23H34ClN3O2/c1-6-18-9-8-10-19(7-2)21(18)23-25-22(24)20(27(23)11-12-28-5)15-26-13-16(3)29-17(4)14-26/h8-10,16-17H,6-7,11-15H2,1-5H3/t16-,17-/m1/s1. The molecule has 0 radical (unpaired) electrons. The van der Waals surface area contributed by atoms with Gasteiger partial charge in [-0.05, 0) is 37.8 Å². The molecule has 0 N–H and O–H groups in total. The third-order valence-electron chi connectivity index (χ3n) is 5.63. The SMILES string of the molecule is CCc1cccc(CC)c1-c1nc(Cl)c(CN2C[C@@H](C)O[C@H](C)C2)n1CCOC. The number of aromatic nitrogens is 2. The summed E-state index contributed by atoms with van der Waals surface area (Å²) >= 11 is 6.73. The van der Waals surface area contributed by atoms with Gasteiger partial charge >= 0.3 is 0 Å². The lowest BCUT2D eigenvalue weighted by molar-refractivity contribution is -0.0710. The molecule has 0 amide bonds. The Kier molecular flexibility index (Phi) is 7.74. The average molecular weight is 420 g/mol. The first kappa shape index (κ1) is 22.3. The van der Waals surface area contributed by atoms with Gasteiger partial charge in [0.25, 0.3) is 0 Å². The van der Waals surface area contributed by atoms with Crippen molar-refractivity contribution in [3.05, 3.63) is 40.2 Å². The van der Waals surface area contributed by atoms with Gasteiger partial charge in [-0.15, -0.1) is 0 Å². The third-order valence-corrected chi connectivity index (χ3v) is 5.94. The van der Waals surface area contributed by atoms with Crippen molar-refractivity contribution in [1.82, 2.24) is 14.5 Å². The van der Waals surface area contributed by atoms with Crippen LogP contribution in [0, 0.1) is 0 Å². The van der Waals surface area contributed by atoms with E-state index in [-0.39, 0.29) is 12.2 Å². The minimum absolute atomic E-state index is 0.222. The van der Waals surface area contributed by atoms with Crippen LogP contribution >= 0.6 is 11.6 Å². The zero-order valence-electron chi connectivity index (χ0n) is 18.4. The minimum Gasteiger partial charge on any atom is -0.383 e. The fraction of sp³-hybridized carbons (Fsp3) is 0.609. The Hall–Kier alpha value is -1.40. The number of rotatable bonds is 8. The van der Waals surface area contributed by atoms with E-state index in [9.17, 15) is 0 Å². The van der Waals surface area contributed by atoms with E-state index < -0.39 is 0 Å². The number of nitrogens with zero attached hydrogens (tertiary/aromatic N) is 3. The molecule has 5 nitrogen and oxygen atoms in total. The zero-order valence-corrected chi connectivity index (χ0v) is 19.1. The monoisotopic (exact) mass is 419 g/mol. The highest BCUT2D eigenvalue weighted by molar-refractivity contribution is 6.30. The Bertz CT molecular complexity index is 788. The van der Waals surface area contributed by atoms with Crippen molar-refractivity contribution >= 4 is 11.6 Å². The van der Waals surface area contributed by atoms with Crippen molar-refractivity contribution in [2.45, 2.75) is 65.8 Å².